The number of para-hydroxylation sites is 3. The van der Waals surface area contributed by atoms with Gasteiger partial charge in [0, 0.05) is 5.69 Å². The number of aromatic amines is 1. The molecule has 0 bridgehead atoms. The fourth-order valence-electron chi connectivity index (χ4n) is 2.26. The number of hydrogen-bond acceptors (Lipinski definition) is 5. The first-order chi connectivity index (χ1) is 10.8. The second-order valence-corrected chi connectivity index (χ2v) is 5.83. The van der Waals surface area contributed by atoms with E-state index < -0.39 is 0 Å². The lowest BCUT2D eigenvalue weighted by atomic mass is 10.3. The number of imidazole rings is 1. The molecule has 108 valence electrons. The number of nitrogen functional groups attached to an aromatic ring is 1. The molecule has 2 aromatic heterocycles. The van der Waals surface area contributed by atoms with Gasteiger partial charge in [-0.25, -0.2) is 9.97 Å². The van der Waals surface area contributed by atoms with Gasteiger partial charge in [0.15, 0.2) is 11.0 Å². The van der Waals surface area contributed by atoms with E-state index in [0.717, 1.165) is 32.6 Å². The first kappa shape index (κ1) is 12.8. The lowest BCUT2D eigenvalue weighted by Gasteiger charge is -2.00. The number of thiazole rings is 1. The van der Waals surface area contributed by atoms with Gasteiger partial charge in [-0.1, -0.05) is 41.7 Å². The maximum absolute atomic E-state index is 6.05. The van der Waals surface area contributed by atoms with Crippen LogP contribution in [0, 0.1) is 0 Å². The van der Waals surface area contributed by atoms with E-state index in [1.54, 1.807) is 0 Å². The van der Waals surface area contributed by atoms with Crippen molar-refractivity contribution in [1.29, 1.82) is 0 Å². The minimum atomic E-state index is 0.475. The SMILES string of the molecule is Nc1nc(Nc2ccccc2)sc1-c1nc2ccccc2[nH]1. The third-order valence-electron chi connectivity index (χ3n) is 3.28. The highest BCUT2D eigenvalue weighted by molar-refractivity contribution is 7.19. The summed E-state index contributed by atoms with van der Waals surface area (Å²) in [5, 5.41) is 4.00. The van der Waals surface area contributed by atoms with Crippen molar-refractivity contribution in [3.8, 4) is 10.7 Å². The molecule has 2 aromatic carbocycles. The molecule has 0 atom stereocenters. The molecule has 0 fully saturated rings. The van der Waals surface area contributed by atoms with Crippen molar-refractivity contribution in [2.24, 2.45) is 0 Å². The maximum Gasteiger partial charge on any atom is 0.189 e. The smallest absolute Gasteiger partial charge is 0.189 e. The lowest BCUT2D eigenvalue weighted by molar-refractivity contribution is 1.33. The average Bonchev–Trinajstić information content (AvgIpc) is 3.11. The number of nitrogens with one attached hydrogen (secondary N) is 2. The molecular formula is C16H13N5S. The molecule has 4 N–H and O–H groups in total. The van der Waals surface area contributed by atoms with E-state index in [1.807, 2.05) is 54.6 Å². The highest BCUT2D eigenvalue weighted by Gasteiger charge is 2.14. The lowest BCUT2D eigenvalue weighted by Crippen LogP contribution is -1.91. The quantitative estimate of drug-likeness (QED) is 0.534. The predicted octanol–water partition coefficient (Wildman–Crippen LogP) is 4.01. The summed E-state index contributed by atoms with van der Waals surface area (Å²) >= 11 is 1.48. The van der Waals surface area contributed by atoms with Crippen molar-refractivity contribution in [1.82, 2.24) is 15.0 Å². The normalized spacial score (nSPS) is 10.9. The Kier molecular flexibility index (Phi) is 3.01. The molecule has 4 rings (SSSR count). The standard InChI is InChI=1S/C16H13N5S/c17-14-13(15-19-11-8-4-5-9-12(11)20-15)22-16(21-14)18-10-6-2-1-3-7-10/h1-9H,17H2,(H,18,21)(H,19,20). The molecule has 6 heteroatoms. The zero-order valence-corrected chi connectivity index (χ0v) is 12.4. The summed E-state index contributed by atoms with van der Waals surface area (Å²) in [6.07, 6.45) is 0. The van der Waals surface area contributed by atoms with E-state index in [0.29, 0.717) is 5.82 Å². The van der Waals surface area contributed by atoms with Crippen molar-refractivity contribution in [2.75, 3.05) is 11.1 Å². The molecule has 4 aromatic rings. The van der Waals surface area contributed by atoms with Gasteiger partial charge in [0.25, 0.3) is 0 Å². The van der Waals surface area contributed by atoms with Crippen LogP contribution in [0.15, 0.2) is 54.6 Å². The van der Waals surface area contributed by atoms with Crippen LogP contribution < -0.4 is 11.1 Å². The van der Waals surface area contributed by atoms with E-state index in [1.165, 1.54) is 11.3 Å². The number of H-pyrrole nitrogens is 1. The van der Waals surface area contributed by atoms with Gasteiger partial charge in [0.2, 0.25) is 0 Å². The Morgan fingerprint density at radius 1 is 0.955 bits per heavy atom. The van der Waals surface area contributed by atoms with Gasteiger partial charge >= 0.3 is 0 Å². The summed E-state index contributed by atoms with van der Waals surface area (Å²) in [7, 11) is 0. The van der Waals surface area contributed by atoms with Crippen molar-refractivity contribution in [2.45, 2.75) is 0 Å². The van der Waals surface area contributed by atoms with E-state index in [2.05, 4.69) is 20.3 Å². The molecule has 2 heterocycles. The molecule has 0 radical (unpaired) electrons. The van der Waals surface area contributed by atoms with Crippen LogP contribution >= 0.6 is 11.3 Å². The van der Waals surface area contributed by atoms with Gasteiger partial charge in [-0.15, -0.1) is 0 Å². The van der Waals surface area contributed by atoms with Crippen molar-refractivity contribution < 1.29 is 0 Å². The molecule has 0 saturated heterocycles. The average molecular weight is 307 g/mol. The van der Waals surface area contributed by atoms with E-state index in [9.17, 15) is 0 Å². The molecule has 22 heavy (non-hydrogen) atoms. The summed E-state index contributed by atoms with van der Waals surface area (Å²) in [6.45, 7) is 0. The van der Waals surface area contributed by atoms with Crippen LogP contribution in [-0.4, -0.2) is 15.0 Å². The van der Waals surface area contributed by atoms with Crippen LogP contribution in [0.3, 0.4) is 0 Å². The monoisotopic (exact) mass is 307 g/mol. The first-order valence-electron chi connectivity index (χ1n) is 6.83. The van der Waals surface area contributed by atoms with Crippen LogP contribution in [0.25, 0.3) is 21.7 Å². The molecule has 5 nitrogen and oxygen atoms in total. The van der Waals surface area contributed by atoms with Crippen LogP contribution in [0.4, 0.5) is 16.6 Å². The molecule has 0 amide bonds. The number of nitrogens with zero attached hydrogens (tertiary/aromatic N) is 2. The Labute approximate surface area is 130 Å². The number of benzene rings is 2. The van der Waals surface area contributed by atoms with Gasteiger partial charge in [-0.05, 0) is 24.3 Å². The van der Waals surface area contributed by atoms with Crippen LogP contribution in [0.5, 0.6) is 0 Å². The molecule has 0 aliphatic rings. The Balaban J connectivity index is 1.70. The van der Waals surface area contributed by atoms with Crippen molar-refractivity contribution >= 4 is 39.0 Å². The van der Waals surface area contributed by atoms with E-state index in [-0.39, 0.29) is 0 Å². The highest BCUT2D eigenvalue weighted by Crippen LogP contribution is 2.35. The Morgan fingerprint density at radius 3 is 2.55 bits per heavy atom. The maximum atomic E-state index is 6.05. The van der Waals surface area contributed by atoms with Gasteiger partial charge in [-0.2, -0.15) is 0 Å². The van der Waals surface area contributed by atoms with Crippen LogP contribution in [-0.2, 0) is 0 Å². The van der Waals surface area contributed by atoms with Crippen LogP contribution in [0.1, 0.15) is 0 Å². The van der Waals surface area contributed by atoms with Crippen molar-refractivity contribution in [3.63, 3.8) is 0 Å². The second-order valence-electron chi connectivity index (χ2n) is 4.83. The Bertz CT molecular complexity index is 893. The summed E-state index contributed by atoms with van der Waals surface area (Å²) in [6, 6.07) is 17.8. The number of hydrogen-bond donors (Lipinski definition) is 3. The molecule has 0 unspecified atom stereocenters. The summed E-state index contributed by atoms with van der Waals surface area (Å²) in [4.78, 5) is 13.1. The molecule has 0 aliphatic carbocycles. The Hall–Kier alpha value is -2.86. The van der Waals surface area contributed by atoms with Gasteiger partial charge < -0.3 is 16.0 Å². The third-order valence-corrected chi connectivity index (χ3v) is 4.28. The van der Waals surface area contributed by atoms with E-state index >= 15 is 0 Å². The number of fused-ring (bicyclic) bond motifs is 1. The fourth-order valence-corrected chi connectivity index (χ4v) is 3.11. The number of aromatic nitrogens is 3. The Morgan fingerprint density at radius 2 is 1.73 bits per heavy atom. The number of rotatable bonds is 3. The number of anilines is 3. The minimum Gasteiger partial charge on any atom is -0.382 e. The van der Waals surface area contributed by atoms with Crippen LogP contribution in [0.2, 0.25) is 0 Å². The number of nitrogens with two attached hydrogens (primary N) is 1. The fraction of sp³-hybridized carbons (Fsp3) is 0. The highest BCUT2D eigenvalue weighted by atomic mass is 32.1. The first-order valence-corrected chi connectivity index (χ1v) is 7.65. The topological polar surface area (TPSA) is 79.6 Å². The zero-order valence-electron chi connectivity index (χ0n) is 11.6. The van der Waals surface area contributed by atoms with Crippen molar-refractivity contribution in [3.05, 3.63) is 54.6 Å². The largest absolute Gasteiger partial charge is 0.382 e. The van der Waals surface area contributed by atoms with E-state index in [4.69, 9.17) is 5.73 Å². The molecule has 0 aliphatic heterocycles. The zero-order chi connectivity index (χ0) is 14.9. The van der Waals surface area contributed by atoms with Gasteiger partial charge in [0.05, 0.1) is 11.0 Å². The van der Waals surface area contributed by atoms with Gasteiger partial charge in [-0.3, -0.25) is 0 Å². The third kappa shape index (κ3) is 2.29. The summed E-state index contributed by atoms with van der Waals surface area (Å²) < 4.78 is 0. The minimum absolute atomic E-state index is 0.475. The molecular weight excluding hydrogens is 294 g/mol. The summed E-state index contributed by atoms with van der Waals surface area (Å²) in [5.41, 5.74) is 8.94. The van der Waals surface area contributed by atoms with Gasteiger partial charge in [0.1, 0.15) is 10.7 Å². The second kappa shape index (κ2) is 5.16. The molecule has 0 saturated carbocycles. The summed E-state index contributed by atoms with van der Waals surface area (Å²) in [5.74, 6) is 1.22. The molecule has 0 spiro atoms. The predicted molar refractivity (Wildman–Crippen MR) is 91.3 cm³/mol.